The molecule has 2 aromatic rings. The number of aromatic hydroxyl groups is 2. The molecule has 0 unspecified atom stereocenters. The molecule has 2 aromatic carbocycles. The monoisotopic (exact) mass is 652 g/mol. The Morgan fingerprint density at radius 2 is 1.79 bits per heavy atom. The van der Waals surface area contributed by atoms with Gasteiger partial charge in [-0.05, 0) is 81.3 Å². The lowest BCUT2D eigenvalue weighted by Gasteiger charge is -2.36. The van der Waals surface area contributed by atoms with E-state index in [1.807, 2.05) is 0 Å². The van der Waals surface area contributed by atoms with Crippen LogP contribution < -0.4 is 5.32 Å². The number of carboxylic acids is 1. The number of Topliss-reactive ketones (excluding diaryl/α,β-unsaturated/α-hetero) is 1. The number of piperidine rings is 1. The zero-order chi connectivity index (χ0) is 34.7. The quantitative estimate of drug-likeness (QED) is 0.0944. The first-order chi connectivity index (χ1) is 22.2. The lowest BCUT2D eigenvalue weighted by atomic mass is 9.87. The van der Waals surface area contributed by atoms with Gasteiger partial charge in [0.1, 0.15) is 18.8 Å². The summed E-state index contributed by atoms with van der Waals surface area (Å²) >= 11 is 0. The Labute approximate surface area is 272 Å². The van der Waals surface area contributed by atoms with Crippen molar-refractivity contribution in [1.82, 2.24) is 4.90 Å². The van der Waals surface area contributed by atoms with Crippen molar-refractivity contribution in [2.75, 3.05) is 18.5 Å². The number of carbonyl (C=O) groups excluding carboxylic acids is 5. The molecule has 2 atom stereocenters. The predicted octanol–water partition coefficient (Wildman–Crippen LogP) is 3.82. The highest BCUT2D eigenvalue weighted by Gasteiger charge is 2.42. The van der Waals surface area contributed by atoms with Gasteiger partial charge >= 0.3 is 17.9 Å². The number of aryl methyl sites for hydroxylation is 1. The summed E-state index contributed by atoms with van der Waals surface area (Å²) < 4.78 is 11.0. The first kappa shape index (κ1) is 36.3. The molecule has 47 heavy (non-hydrogen) atoms. The van der Waals surface area contributed by atoms with Crippen LogP contribution in [0.3, 0.4) is 0 Å². The highest BCUT2D eigenvalue weighted by molar-refractivity contribution is 6.38. The van der Waals surface area contributed by atoms with Gasteiger partial charge in [0.15, 0.2) is 11.5 Å². The van der Waals surface area contributed by atoms with E-state index >= 15 is 0 Å². The number of rotatable bonds is 15. The number of carboxylic acid groups (broad SMARTS) is 1. The summed E-state index contributed by atoms with van der Waals surface area (Å²) in [5.74, 6) is -5.44. The van der Waals surface area contributed by atoms with E-state index in [2.05, 4.69) is 11.9 Å². The molecule has 1 heterocycles. The summed E-state index contributed by atoms with van der Waals surface area (Å²) in [7, 11) is 0. The van der Waals surface area contributed by atoms with Crippen LogP contribution in [0, 0.1) is 5.41 Å². The number of hydrogen-bond acceptors (Lipinski definition) is 10. The molecule has 2 amide bonds. The molecule has 0 spiro atoms. The van der Waals surface area contributed by atoms with Crippen LogP contribution >= 0.6 is 0 Å². The molecule has 1 saturated heterocycles. The fourth-order valence-electron chi connectivity index (χ4n) is 5.01. The molecular weight excluding hydrogens is 612 g/mol. The molecule has 0 radical (unpaired) electrons. The Kier molecular flexibility index (Phi) is 12.6. The van der Waals surface area contributed by atoms with Crippen molar-refractivity contribution in [3.05, 3.63) is 66.2 Å². The van der Waals surface area contributed by atoms with Gasteiger partial charge in [0, 0.05) is 24.7 Å². The molecule has 4 N–H and O–H groups in total. The summed E-state index contributed by atoms with van der Waals surface area (Å²) in [4.78, 5) is 76.3. The van der Waals surface area contributed by atoms with Crippen LogP contribution in [-0.4, -0.2) is 74.9 Å². The minimum atomic E-state index is -1.37. The van der Waals surface area contributed by atoms with Gasteiger partial charge in [-0.1, -0.05) is 24.8 Å². The lowest BCUT2D eigenvalue weighted by Crippen LogP contribution is -2.53. The van der Waals surface area contributed by atoms with Crippen LogP contribution in [0.15, 0.2) is 55.1 Å². The molecule has 13 heteroatoms. The van der Waals surface area contributed by atoms with E-state index in [1.165, 1.54) is 30.9 Å². The topological polar surface area (TPSA) is 197 Å². The number of aliphatic carboxylic acids is 1. The molecule has 13 nitrogen and oxygen atoms in total. The number of benzene rings is 2. The predicted molar refractivity (Wildman–Crippen MR) is 168 cm³/mol. The van der Waals surface area contributed by atoms with Gasteiger partial charge in [-0.3, -0.25) is 19.2 Å². The number of likely N-dealkylation sites (tertiary alicyclic amines) is 1. The van der Waals surface area contributed by atoms with Crippen LogP contribution in [0.1, 0.15) is 69.6 Å². The maximum atomic E-state index is 13.7. The summed E-state index contributed by atoms with van der Waals surface area (Å²) in [6.07, 6.45) is 1.38. The molecule has 1 fully saturated rings. The molecule has 3 rings (SSSR count). The molecule has 0 saturated carbocycles. The van der Waals surface area contributed by atoms with Crippen LogP contribution in [0.5, 0.6) is 11.5 Å². The van der Waals surface area contributed by atoms with Crippen molar-refractivity contribution in [3.63, 3.8) is 0 Å². The van der Waals surface area contributed by atoms with Crippen molar-refractivity contribution >= 4 is 41.2 Å². The number of esters is 2. The van der Waals surface area contributed by atoms with Gasteiger partial charge in [0.25, 0.3) is 5.91 Å². The maximum absolute atomic E-state index is 13.7. The maximum Gasteiger partial charge on any atom is 0.330 e. The Morgan fingerprint density at radius 3 is 2.47 bits per heavy atom. The Bertz CT molecular complexity index is 1520. The second kappa shape index (κ2) is 16.4. The van der Waals surface area contributed by atoms with E-state index in [1.54, 1.807) is 30.3 Å². The van der Waals surface area contributed by atoms with E-state index in [-0.39, 0.29) is 50.3 Å². The number of anilines is 1. The van der Waals surface area contributed by atoms with Crippen LogP contribution in [-0.2, 0) is 44.7 Å². The van der Waals surface area contributed by atoms with E-state index in [0.717, 1.165) is 6.08 Å². The third-order valence-electron chi connectivity index (χ3n) is 7.69. The number of hydrogen-bond donors (Lipinski definition) is 4. The molecule has 0 aliphatic carbocycles. The van der Waals surface area contributed by atoms with Crippen LogP contribution in [0.2, 0.25) is 0 Å². The molecule has 252 valence electrons. The van der Waals surface area contributed by atoms with Crippen molar-refractivity contribution < 1.29 is 53.6 Å². The first-order valence-electron chi connectivity index (χ1n) is 15.2. The molecule has 1 aliphatic rings. The number of ether oxygens (including phenoxy) is 2. The van der Waals surface area contributed by atoms with Gasteiger partial charge in [-0.25, -0.2) is 9.59 Å². The smallest absolute Gasteiger partial charge is 0.330 e. The highest BCUT2D eigenvalue weighted by Crippen LogP contribution is 2.31. The summed E-state index contributed by atoms with van der Waals surface area (Å²) in [5, 5.41) is 31.1. The van der Waals surface area contributed by atoms with E-state index < -0.39 is 53.1 Å². The Morgan fingerprint density at radius 1 is 1.04 bits per heavy atom. The summed E-state index contributed by atoms with van der Waals surface area (Å²) in [6.45, 7) is 6.02. The fourth-order valence-corrected chi connectivity index (χ4v) is 5.01. The fraction of sp³-hybridized carbons (Fsp3) is 0.412. The minimum absolute atomic E-state index is 0.141. The van der Waals surface area contributed by atoms with E-state index in [9.17, 15) is 39.0 Å². The van der Waals surface area contributed by atoms with Gasteiger partial charge in [-0.15, -0.1) is 0 Å². The van der Waals surface area contributed by atoms with Crippen molar-refractivity contribution in [1.29, 1.82) is 0 Å². The average molecular weight is 653 g/mol. The molecule has 0 bridgehead atoms. The van der Waals surface area contributed by atoms with Gasteiger partial charge in [-0.2, -0.15) is 0 Å². The third-order valence-corrected chi connectivity index (χ3v) is 7.69. The summed E-state index contributed by atoms with van der Waals surface area (Å²) in [6, 6.07) is 9.76. The number of amides is 2. The number of nitrogens with one attached hydrogen (secondary N) is 1. The van der Waals surface area contributed by atoms with Crippen molar-refractivity contribution in [2.45, 2.75) is 70.9 Å². The number of phenolic OH excluding ortho intramolecular Hbond substituents is 2. The van der Waals surface area contributed by atoms with Crippen molar-refractivity contribution in [2.24, 2.45) is 5.41 Å². The Balaban J connectivity index is 1.84. The molecule has 1 aliphatic heterocycles. The average Bonchev–Trinajstić information content (AvgIpc) is 3.05. The summed E-state index contributed by atoms with van der Waals surface area (Å²) in [5.41, 5.74) is 0.113. The number of nitrogens with zero attached hydrogens (tertiary/aromatic N) is 1. The van der Waals surface area contributed by atoms with Crippen LogP contribution in [0.4, 0.5) is 5.69 Å². The number of phenols is 2. The van der Waals surface area contributed by atoms with Gasteiger partial charge < -0.3 is 35.0 Å². The highest BCUT2D eigenvalue weighted by atomic mass is 16.5. The molecule has 0 aromatic heterocycles. The second-order valence-corrected chi connectivity index (χ2v) is 11.9. The molecular formula is C34H40N2O11. The lowest BCUT2D eigenvalue weighted by molar-refractivity contribution is -0.165. The normalized spacial score (nSPS) is 15.2. The minimum Gasteiger partial charge on any atom is -0.504 e. The van der Waals surface area contributed by atoms with Gasteiger partial charge in [0.2, 0.25) is 11.7 Å². The Hall–Kier alpha value is -5.20. The van der Waals surface area contributed by atoms with Crippen LogP contribution in [0.25, 0.3) is 0 Å². The zero-order valence-electron chi connectivity index (χ0n) is 26.4. The zero-order valence-corrected chi connectivity index (χ0v) is 26.4. The second-order valence-electron chi connectivity index (χ2n) is 11.9. The number of carbonyl (C=O) groups is 6. The van der Waals surface area contributed by atoms with E-state index in [0.29, 0.717) is 36.1 Å². The van der Waals surface area contributed by atoms with Crippen molar-refractivity contribution in [3.8, 4) is 11.5 Å². The first-order valence-corrected chi connectivity index (χ1v) is 15.2. The largest absolute Gasteiger partial charge is 0.504 e. The standard InChI is InChI=1S/C34H40N2O11/c1-4-30(42)46-20-34(2,3)31(43)32(44)36-17-6-5-10-24(36)33(45)47-27(14-12-21-11-13-25(37)26(38)18-21)22-8-7-9-23(19-22)35-28(39)15-16-29(40)41/h4,7-9,11,13,18-19,24,27,37-38H,1,5-6,10,12,14-17,20H2,2-3H3,(H,35,39)(H,40,41)/t24-,27+/m0/s1. The number of ketones is 1. The third kappa shape index (κ3) is 10.4. The van der Waals surface area contributed by atoms with E-state index in [4.69, 9.17) is 14.6 Å². The SMILES string of the molecule is C=CC(=O)OCC(C)(C)C(=O)C(=O)N1CCCC[C@H]1C(=O)O[C@H](CCc1ccc(O)c(O)c1)c1cccc(NC(=O)CCC(=O)O)c1. The van der Waals surface area contributed by atoms with Gasteiger partial charge in [0.05, 0.1) is 11.8 Å².